The van der Waals surface area contributed by atoms with Crippen molar-refractivity contribution in [2.24, 2.45) is 5.92 Å². The molecule has 0 aliphatic carbocycles. The van der Waals surface area contributed by atoms with Crippen molar-refractivity contribution in [3.8, 4) is 11.8 Å². The summed E-state index contributed by atoms with van der Waals surface area (Å²) in [4.78, 5) is 0. The molecule has 0 bridgehead atoms. The van der Waals surface area contributed by atoms with Crippen molar-refractivity contribution in [2.75, 3.05) is 13.1 Å². The van der Waals surface area contributed by atoms with Crippen molar-refractivity contribution in [1.29, 1.82) is 5.26 Å². The number of hydrogen-bond acceptors (Lipinski definition) is 3. The zero-order valence-corrected chi connectivity index (χ0v) is 10.1. The molecule has 1 aliphatic heterocycles. The van der Waals surface area contributed by atoms with E-state index < -0.39 is 0 Å². The van der Waals surface area contributed by atoms with Crippen molar-refractivity contribution in [3.63, 3.8) is 0 Å². The highest BCUT2D eigenvalue weighted by molar-refractivity contribution is 5.36. The van der Waals surface area contributed by atoms with E-state index in [-0.39, 0.29) is 6.10 Å². The van der Waals surface area contributed by atoms with Crippen LogP contribution in [0.4, 0.5) is 0 Å². The Kier molecular flexibility index (Phi) is 4.00. The molecule has 0 radical (unpaired) electrons. The smallest absolute Gasteiger partial charge is 0.121 e. The molecule has 1 heterocycles. The monoisotopic (exact) mass is 230 g/mol. The lowest BCUT2D eigenvalue weighted by Gasteiger charge is -2.28. The van der Waals surface area contributed by atoms with Gasteiger partial charge in [0.15, 0.2) is 0 Å². The van der Waals surface area contributed by atoms with E-state index in [2.05, 4.69) is 18.3 Å². The van der Waals surface area contributed by atoms with Crippen LogP contribution in [0, 0.1) is 17.2 Å². The summed E-state index contributed by atoms with van der Waals surface area (Å²) in [6.45, 7) is 4.28. The predicted molar refractivity (Wildman–Crippen MR) is 66.8 cm³/mol. The minimum absolute atomic E-state index is 0.214. The summed E-state index contributed by atoms with van der Waals surface area (Å²) in [6, 6.07) is 9.51. The molecule has 1 aromatic rings. The SMILES string of the molecule is CC(Oc1cccc(C#N)c1)C1CCNCC1. The van der Waals surface area contributed by atoms with Crippen LogP contribution in [-0.2, 0) is 0 Å². The number of benzene rings is 1. The molecule has 1 aromatic carbocycles. The van der Waals surface area contributed by atoms with Crippen LogP contribution >= 0.6 is 0 Å². The van der Waals surface area contributed by atoms with Gasteiger partial charge in [0.25, 0.3) is 0 Å². The number of ether oxygens (including phenoxy) is 1. The fraction of sp³-hybridized carbons (Fsp3) is 0.500. The van der Waals surface area contributed by atoms with E-state index in [1.54, 1.807) is 12.1 Å². The number of rotatable bonds is 3. The Labute approximate surface area is 102 Å². The highest BCUT2D eigenvalue weighted by Crippen LogP contribution is 2.22. The van der Waals surface area contributed by atoms with Gasteiger partial charge in [0.05, 0.1) is 17.7 Å². The van der Waals surface area contributed by atoms with Gasteiger partial charge in [-0.2, -0.15) is 5.26 Å². The first-order valence-corrected chi connectivity index (χ1v) is 6.17. The Morgan fingerprint density at radius 3 is 2.88 bits per heavy atom. The van der Waals surface area contributed by atoms with Gasteiger partial charge in [-0.3, -0.25) is 0 Å². The molecular formula is C14H18N2O. The summed E-state index contributed by atoms with van der Waals surface area (Å²) in [5, 5.41) is 12.2. The zero-order valence-electron chi connectivity index (χ0n) is 10.1. The molecule has 3 heteroatoms. The second-order valence-electron chi connectivity index (χ2n) is 4.55. The van der Waals surface area contributed by atoms with Crippen LogP contribution in [0.15, 0.2) is 24.3 Å². The van der Waals surface area contributed by atoms with Crippen molar-refractivity contribution in [2.45, 2.75) is 25.9 Å². The Morgan fingerprint density at radius 2 is 2.18 bits per heavy atom. The molecule has 17 heavy (non-hydrogen) atoms. The third kappa shape index (κ3) is 3.21. The molecule has 1 aliphatic rings. The van der Waals surface area contributed by atoms with Crippen LogP contribution < -0.4 is 10.1 Å². The molecular weight excluding hydrogens is 212 g/mol. The van der Waals surface area contributed by atoms with Crippen molar-refractivity contribution in [3.05, 3.63) is 29.8 Å². The van der Waals surface area contributed by atoms with Gasteiger partial charge in [0.2, 0.25) is 0 Å². The zero-order chi connectivity index (χ0) is 12.1. The van der Waals surface area contributed by atoms with Crippen LogP contribution in [0.5, 0.6) is 5.75 Å². The fourth-order valence-corrected chi connectivity index (χ4v) is 2.26. The normalized spacial score (nSPS) is 18.4. The average molecular weight is 230 g/mol. The molecule has 0 saturated carbocycles. The minimum Gasteiger partial charge on any atom is -0.490 e. The van der Waals surface area contributed by atoms with Gasteiger partial charge in [0, 0.05) is 0 Å². The lowest BCUT2D eigenvalue weighted by molar-refractivity contribution is 0.128. The third-order valence-corrected chi connectivity index (χ3v) is 3.33. The van der Waals surface area contributed by atoms with Crippen molar-refractivity contribution >= 4 is 0 Å². The molecule has 0 amide bonds. The van der Waals surface area contributed by atoms with Gasteiger partial charge >= 0.3 is 0 Å². The number of piperidine rings is 1. The number of nitriles is 1. The fourth-order valence-electron chi connectivity index (χ4n) is 2.26. The van der Waals surface area contributed by atoms with Crippen LogP contribution in [0.3, 0.4) is 0 Å². The van der Waals surface area contributed by atoms with E-state index in [9.17, 15) is 0 Å². The summed E-state index contributed by atoms with van der Waals surface area (Å²) < 4.78 is 5.92. The standard InChI is InChI=1S/C14H18N2O/c1-11(13-5-7-16-8-6-13)17-14-4-2-3-12(9-14)10-15/h2-4,9,11,13,16H,5-8H2,1H3. The minimum atomic E-state index is 0.214. The molecule has 0 aromatic heterocycles. The maximum absolute atomic E-state index is 8.83. The summed E-state index contributed by atoms with van der Waals surface area (Å²) in [6.07, 6.45) is 2.55. The van der Waals surface area contributed by atoms with Gasteiger partial charge in [-0.15, -0.1) is 0 Å². The van der Waals surface area contributed by atoms with Gasteiger partial charge in [0.1, 0.15) is 5.75 Å². The molecule has 3 nitrogen and oxygen atoms in total. The highest BCUT2D eigenvalue weighted by atomic mass is 16.5. The van der Waals surface area contributed by atoms with Crippen LogP contribution in [-0.4, -0.2) is 19.2 Å². The molecule has 1 saturated heterocycles. The number of hydrogen-bond donors (Lipinski definition) is 1. The molecule has 90 valence electrons. The van der Waals surface area contributed by atoms with Crippen LogP contribution in [0.25, 0.3) is 0 Å². The van der Waals surface area contributed by atoms with Crippen LogP contribution in [0.2, 0.25) is 0 Å². The lowest BCUT2D eigenvalue weighted by atomic mass is 9.93. The Bertz CT molecular complexity index is 405. The second-order valence-corrected chi connectivity index (χ2v) is 4.55. The highest BCUT2D eigenvalue weighted by Gasteiger charge is 2.21. The average Bonchev–Trinajstić information content (AvgIpc) is 2.40. The molecule has 1 fully saturated rings. The van der Waals surface area contributed by atoms with Crippen LogP contribution in [0.1, 0.15) is 25.3 Å². The van der Waals surface area contributed by atoms with E-state index in [1.165, 1.54) is 12.8 Å². The van der Waals surface area contributed by atoms with E-state index in [1.807, 2.05) is 12.1 Å². The molecule has 0 spiro atoms. The summed E-state index contributed by atoms with van der Waals surface area (Å²) in [7, 11) is 0. The van der Waals surface area contributed by atoms with Gasteiger partial charge < -0.3 is 10.1 Å². The first-order chi connectivity index (χ1) is 8.29. The third-order valence-electron chi connectivity index (χ3n) is 3.33. The largest absolute Gasteiger partial charge is 0.490 e. The Morgan fingerprint density at radius 1 is 1.41 bits per heavy atom. The quantitative estimate of drug-likeness (QED) is 0.866. The molecule has 1 atom stereocenters. The van der Waals surface area contributed by atoms with Gasteiger partial charge in [-0.05, 0) is 57.0 Å². The van der Waals surface area contributed by atoms with Crippen molar-refractivity contribution < 1.29 is 4.74 Å². The maximum atomic E-state index is 8.83. The van der Waals surface area contributed by atoms with Crippen molar-refractivity contribution in [1.82, 2.24) is 5.32 Å². The molecule has 1 N–H and O–H groups in total. The van der Waals surface area contributed by atoms with E-state index >= 15 is 0 Å². The molecule has 1 unspecified atom stereocenters. The van der Waals surface area contributed by atoms with Gasteiger partial charge in [-0.1, -0.05) is 6.07 Å². The first-order valence-electron chi connectivity index (χ1n) is 6.17. The lowest BCUT2D eigenvalue weighted by Crippen LogP contribution is -2.35. The summed E-state index contributed by atoms with van der Waals surface area (Å²) >= 11 is 0. The Balaban J connectivity index is 1.97. The summed E-state index contributed by atoms with van der Waals surface area (Å²) in [5.74, 6) is 1.41. The number of nitrogens with one attached hydrogen (secondary N) is 1. The van der Waals surface area contributed by atoms with E-state index in [4.69, 9.17) is 10.00 Å². The van der Waals surface area contributed by atoms with E-state index in [0.717, 1.165) is 18.8 Å². The topological polar surface area (TPSA) is 45.0 Å². The molecule has 2 rings (SSSR count). The predicted octanol–water partition coefficient (Wildman–Crippen LogP) is 2.33. The summed E-state index contributed by atoms with van der Waals surface area (Å²) in [5.41, 5.74) is 0.653. The second kappa shape index (κ2) is 5.70. The van der Waals surface area contributed by atoms with Gasteiger partial charge in [-0.25, -0.2) is 0 Å². The van der Waals surface area contributed by atoms with E-state index in [0.29, 0.717) is 11.5 Å². The Hall–Kier alpha value is -1.53. The first kappa shape index (κ1) is 11.9. The maximum Gasteiger partial charge on any atom is 0.121 e. The number of nitrogens with zero attached hydrogens (tertiary/aromatic N) is 1.